The molecule has 140 valence electrons. The lowest BCUT2D eigenvalue weighted by Gasteiger charge is -2.39. The summed E-state index contributed by atoms with van der Waals surface area (Å²) in [6.45, 7) is 8.01. The number of aromatic nitrogens is 1. The number of rotatable bonds is 4. The van der Waals surface area contributed by atoms with Crippen molar-refractivity contribution in [3.05, 3.63) is 52.2 Å². The zero-order valence-electron chi connectivity index (χ0n) is 15.6. The number of amides is 2. The van der Waals surface area contributed by atoms with Crippen molar-refractivity contribution in [3.8, 4) is 0 Å². The van der Waals surface area contributed by atoms with E-state index in [-0.39, 0.29) is 11.4 Å². The van der Waals surface area contributed by atoms with E-state index in [1.807, 2.05) is 30.9 Å². The van der Waals surface area contributed by atoms with Gasteiger partial charge in [-0.1, -0.05) is 37.6 Å². The van der Waals surface area contributed by atoms with E-state index in [0.29, 0.717) is 12.4 Å². The third kappa shape index (κ3) is 4.04. The normalized spacial score (nSPS) is 16.5. The molecule has 2 amide bonds. The van der Waals surface area contributed by atoms with E-state index in [4.69, 9.17) is 16.0 Å². The third-order valence-corrected chi connectivity index (χ3v) is 5.59. The highest BCUT2D eigenvalue weighted by Crippen LogP contribution is 2.35. The summed E-state index contributed by atoms with van der Waals surface area (Å²) in [5, 5.41) is 3.71. The Labute approximate surface area is 159 Å². The first-order chi connectivity index (χ1) is 12.4. The van der Waals surface area contributed by atoms with Crippen LogP contribution in [0.2, 0.25) is 5.02 Å². The number of aryl methyl sites for hydroxylation is 2. The predicted octanol–water partition coefficient (Wildman–Crippen LogP) is 4.46. The van der Waals surface area contributed by atoms with Crippen molar-refractivity contribution in [1.29, 1.82) is 0 Å². The summed E-state index contributed by atoms with van der Waals surface area (Å²) in [6.07, 6.45) is 2.62. The second-order valence-corrected chi connectivity index (χ2v) is 7.62. The topological polar surface area (TPSA) is 58.4 Å². The smallest absolute Gasteiger partial charge is 0.317 e. The molecule has 0 bridgehead atoms. The Bertz CT molecular complexity index is 762. The molecule has 0 radical (unpaired) electrons. The minimum Gasteiger partial charge on any atom is -0.444 e. The largest absolute Gasteiger partial charge is 0.444 e. The van der Waals surface area contributed by atoms with Gasteiger partial charge in [0.15, 0.2) is 5.89 Å². The van der Waals surface area contributed by atoms with Gasteiger partial charge < -0.3 is 14.6 Å². The van der Waals surface area contributed by atoms with Crippen molar-refractivity contribution in [2.24, 2.45) is 0 Å². The van der Waals surface area contributed by atoms with Crippen LogP contribution in [0, 0.1) is 6.92 Å². The average Bonchev–Trinajstić information content (AvgIpc) is 3.01. The second-order valence-electron chi connectivity index (χ2n) is 7.18. The minimum atomic E-state index is -0.0444. The van der Waals surface area contributed by atoms with Crippen molar-refractivity contribution in [1.82, 2.24) is 15.2 Å². The van der Waals surface area contributed by atoms with Gasteiger partial charge in [-0.25, -0.2) is 9.78 Å². The summed E-state index contributed by atoms with van der Waals surface area (Å²) < 4.78 is 5.65. The van der Waals surface area contributed by atoms with Crippen molar-refractivity contribution >= 4 is 17.6 Å². The quantitative estimate of drug-likeness (QED) is 0.858. The molecule has 2 heterocycles. The fraction of sp³-hybridized carbons (Fsp3) is 0.500. The molecule has 2 aromatic rings. The monoisotopic (exact) mass is 375 g/mol. The molecular weight excluding hydrogens is 350 g/mol. The minimum absolute atomic E-state index is 0.0444. The Hall–Kier alpha value is -2.01. The predicted molar refractivity (Wildman–Crippen MR) is 102 cm³/mol. The number of hydrogen-bond donors (Lipinski definition) is 1. The molecule has 3 rings (SSSR count). The zero-order chi connectivity index (χ0) is 18.7. The second kappa shape index (κ2) is 7.70. The maximum Gasteiger partial charge on any atom is 0.317 e. The molecule has 0 unspecified atom stereocenters. The molecule has 1 saturated heterocycles. The number of carbonyl (C=O) groups is 1. The molecule has 1 aliphatic heterocycles. The Morgan fingerprint density at radius 3 is 2.54 bits per heavy atom. The van der Waals surface area contributed by atoms with Crippen LogP contribution >= 0.6 is 11.6 Å². The van der Waals surface area contributed by atoms with E-state index in [1.165, 1.54) is 5.56 Å². The molecule has 1 N–H and O–H groups in total. The summed E-state index contributed by atoms with van der Waals surface area (Å²) in [4.78, 5) is 18.7. The van der Waals surface area contributed by atoms with Crippen LogP contribution in [0.1, 0.15) is 49.6 Å². The van der Waals surface area contributed by atoms with Gasteiger partial charge in [-0.15, -0.1) is 0 Å². The van der Waals surface area contributed by atoms with Crippen molar-refractivity contribution in [2.45, 2.75) is 52.0 Å². The number of nitrogens with zero attached hydrogens (tertiary/aromatic N) is 2. The molecule has 0 spiro atoms. The van der Waals surface area contributed by atoms with E-state index in [1.54, 1.807) is 0 Å². The standard InChI is InChI=1S/C20H26ClN3O2/c1-4-18-23-14(2)17(26-18)13-22-19(25)24-11-9-20(3,10-12-24)15-5-7-16(21)8-6-15/h5-8H,4,9-13H2,1-3H3,(H,22,25). The van der Waals surface area contributed by atoms with Crippen molar-refractivity contribution in [2.75, 3.05) is 13.1 Å². The molecule has 1 aromatic carbocycles. The van der Waals surface area contributed by atoms with Gasteiger partial charge in [0.1, 0.15) is 5.76 Å². The Balaban J connectivity index is 1.54. The highest BCUT2D eigenvalue weighted by molar-refractivity contribution is 6.30. The first kappa shape index (κ1) is 18.8. The Kier molecular flexibility index (Phi) is 5.56. The number of urea groups is 1. The van der Waals surface area contributed by atoms with Crippen LogP contribution in [0.5, 0.6) is 0 Å². The van der Waals surface area contributed by atoms with Crippen molar-refractivity contribution in [3.63, 3.8) is 0 Å². The molecular formula is C20H26ClN3O2. The van der Waals surface area contributed by atoms with Crippen LogP contribution in [-0.4, -0.2) is 29.0 Å². The fourth-order valence-corrected chi connectivity index (χ4v) is 3.54. The van der Waals surface area contributed by atoms with Crippen LogP contribution in [0.4, 0.5) is 4.79 Å². The van der Waals surface area contributed by atoms with E-state index < -0.39 is 0 Å². The molecule has 0 aliphatic carbocycles. The van der Waals surface area contributed by atoms with Crippen LogP contribution in [0.25, 0.3) is 0 Å². The molecule has 1 aromatic heterocycles. The van der Waals surface area contributed by atoms with Gasteiger partial charge >= 0.3 is 6.03 Å². The molecule has 0 atom stereocenters. The SMILES string of the molecule is CCc1nc(C)c(CNC(=O)N2CCC(C)(c3ccc(Cl)cc3)CC2)o1. The van der Waals surface area contributed by atoms with E-state index >= 15 is 0 Å². The van der Waals surface area contributed by atoms with Gasteiger partial charge in [-0.3, -0.25) is 0 Å². The molecule has 1 fully saturated rings. The maximum atomic E-state index is 12.5. The van der Waals surface area contributed by atoms with Crippen molar-refractivity contribution < 1.29 is 9.21 Å². The average molecular weight is 376 g/mol. The number of carbonyl (C=O) groups excluding carboxylic acids is 1. The number of nitrogens with one attached hydrogen (secondary N) is 1. The summed E-state index contributed by atoms with van der Waals surface area (Å²) >= 11 is 5.99. The van der Waals surface area contributed by atoms with Gasteiger partial charge in [-0.2, -0.15) is 0 Å². The fourth-order valence-electron chi connectivity index (χ4n) is 3.42. The van der Waals surface area contributed by atoms with Crippen LogP contribution in [0.15, 0.2) is 28.7 Å². The van der Waals surface area contributed by atoms with E-state index in [0.717, 1.165) is 48.8 Å². The number of oxazole rings is 1. The van der Waals surface area contributed by atoms with Gasteiger partial charge in [0.05, 0.1) is 12.2 Å². The molecule has 26 heavy (non-hydrogen) atoms. The highest BCUT2D eigenvalue weighted by atomic mass is 35.5. The maximum absolute atomic E-state index is 12.5. The van der Waals surface area contributed by atoms with Crippen LogP contribution in [0.3, 0.4) is 0 Å². The molecule has 5 nitrogen and oxygen atoms in total. The number of likely N-dealkylation sites (tertiary alicyclic amines) is 1. The lowest BCUT2D eigenvalue weighted by atomic mass is 9.74. The van der Waals surface area contributed by atoms with Gasteiger partial charge in [0.2, 0.25) is 0 Å². The Morgan fingerprint density at radius 1 is 1.31 bits per heavy atom. The summed E-state index contributed by atoms with van der Waals surface area (Å²) in [7, 11) is 0. The number of hydrogen-bond acceptors (Lipinski definition) is 3. The van der Waals surface area contributed by atoms with Gasteiger partial charge in [-0.05, 0) is 42.9 Å². The molecule has 6 heteroatoms. The number of benzene rings is 1. The first-order valence-electron chi connectivity index (χ1n) is 9.15. The van der Waals surface area contributed by atoms with Crippen LogP contribution < -0.4 is 5.32 Å². The lowest BCUT2D eigenvalue weighted by molar-refractivity contribution is 0.162. The van der Waals surface area contributed by atoms with Gasteiger partial charge in [0.25, 0.3) is 0 Å². The third-order valence-electron chi connectivity index (χ3n) is 5.33. The Morgan fingerprint density at radius 2 is 1.96 bits per heavy atom. The lowest BCUT2D eigenvalue weighted by Crippen LogP contribution is -2.47. The first-order valence-corrected chi connectivity index (χ1v) is 9.53. The highest BCUT2D eigenvalue weighted by Gasteiger charge is 2.33. The summed E-state index contributed by atoms with van der Waals surface area (Å²) in [5.41, 5.74) is 2.21. The van der Waals surface area contributed by atoms with Crippen LogP contribution in [-0.2, 0) is 18.4 Å². The molecule has 0 saturated carbocycles. The van der Waals surface area contributed by atoms with E-state index in [2.05, 4.69) is 29.4 Å². The van der Waals surface area contributed by atoms with E-state index in [9.17, 15) is 4.79 Å². The van der Waals surface area contributed by atoms with Gasteiger partial charge in [0, 0.05) is 24.5 Å². The zero-order valence-corrected chi connectivity index (χ0v) is 16.4. The number of piperidine rings is 1. The number of halogens is 1. The summed E-state index contributed by atoms with van der Waals surface area (Å²) in [5.74, 6) is 1.45. The summed E-state index contributed by atoms with van der Waals surface area (Å²) in [6, 6.07) is 8.01. The molecule has 1 aliphatic rings.